The lowest BCUT2D eigenvalue weighted by molar-refractivity contribution is -0.141. The van der Waals surface area contributed by atoms with Crippen LogP contribution in [-0.4, -0.2) is 74.2 Å². The van der Waals surface area contributed by atoms with E-state index in [-0.39, 0.29) is 24.2 Å². The summed E-state index contributed by atoms with van der Waals surface area (Å²) in [4.78, 5) is 29.4. The maximum absolute atomic E-state index is 13.3. The molecular formula is C26H30ClFN2O5. The molecule has 9 heteroatoms. The lowest BCUT2D eigenvalue weighted by Crippen LogP contribution is -2.50. The number of rotatable bonds is 8. The summed E-state index contributed by atoms with van der Waals surface area (Å²) in [5.74, 6) is 0.772. The normalized spacial score (nSPS) is 17.7. The number of halogens is 2. The smallest absolute Gasteiger partial charge is 0.260 e. The van der Waals surface area contributed by atoms with Crippen LogP contribution < -0.4 is 9.47 Å². The fourth-order valence-corrected chi connectivity index (χ4v) is 4.51. The standard InChI is InChI=1S/C26H30ClFN2O5/c27-20-1-5-22(6-2-20)34-18-25(32)29-11-9-26(10-12-29,17-24(31)30-13-15-33-16-14-30)19-35-23-7-3-21(28)4-8-23/h1-8H,9-19H2. The number of ether oxygens (including phenoxy) is 3. The van der Waals surface area contributed by atoms with E-state index in [2.05, 4.69) is 0 Å². The molecule has 0 atom stereocenters. The van der Waals surface area contributed by atoms with Gasteiger partial charge in [0.15, 0.2) is 6.61 Å². The molecule has 0 bridgehead atoms. The van der Waals surface area contributed by atoms with Crippen molar-refractivity contribution in [2.75, 3.05) is 52.6 Å². The maximum atomic E-state index is 13.3. The highest BCUT2D eigenvalue weighted by molar-refractivity contribution is 6.30. The van der Waals surface area contributed by atoms with Crippen LogP contribution in [0.4, 0.5) is 4.39 Å². The average molecular weight is 505 g/mol. The summed E-state index contributed by atoms with van der Waals surface area (Å²) in [6, 6.07) is 12.7. The van der Waals surface area contributed by atoms with Gasteiger partial charge in [-0.15, -0.1) is 0 Å². The second-order valence-electron chi connectivity index (χ2n) is 9.04. The van der Waals surface area contributed by atoms with Crippen molar-refractivity contribution in [2.24, 2.45) is 5.41 Å². The molecule has 2 amide bonds. The van der Waals surface area contributed by atoms with E-state index in [9.17, 15) is 14.0 Å². The van der Waals surface area contributed by atoms with Crippen LogP contribution in [0.2, 0.25) is 5.02 Å². The molecule has 35 heavy (non-hydrogen) atoms. The monoisotopic (exact) mass is 504 g/mol. The van der Waals surface area contributed by atoms with Crippen molar-refractivity contribution in [3.05, 3.63) is 59.4 Å². The fourth-order valence-electron chi connectivity index (χ4n) is 4.38. The number of benzene rings is 2. The van der Waals surface area contributed by atoms with Crippen LogP contribution in [0.15, 0.2) is 48.5 Å². The Labute approximate surface area is 209 Å². The molecule has 0 spiro atoms. The van der Waals surface area contributed by atoms with E-state index in [1.54, 1.807) is 41.3 Å². The summed E-state index contributed by atoms with van der Waals surface area (Å²) in [6.07, 6.45) is 1.57. The lowest BCUT2D eigenvalue weighted by atomic mass is 9.75. The van der Waals surface area contributed by atoms with E-state index < -0.39 is 5.41 Å². The van der Waals surface area contributed by atoms with E-state index in [0.717, 1.165) is 0 Å². The predicted octanol–water partition coefficient (Wildman–Crippen LogP) is 3.79. The first-order valence-electron chi connectivity index (χ1n) is 11.8. The van der Waals surface area contributed by atoms with Crippen LogP contribution in [0.3, 0.4) is 0 Å². The second-order valence-corrected chi connectivity index (χ2v) is 9.47. The maximum Gasteiger partial charge on any atom is 0.260 e. The summed E-state index contributed by atoms with van der Waals surface area (Å²) in [5, 5.41) is 0.602. The summed E-state index contributed by atoms with van der Waals surface area (Å²) in [6.45, 7) is 3.52. The van der Waals surface area contributed by atoms with Crippen molar-refractivity contribution >= 4 is 23.4 Å². The highest BCUT2D eigenvalue weighted by atomic mass is 35.5. The van der Waals surface area contributed by atoms with Crippen LogP contribution >= 0.6 is 11.6 Å². The molecule has 2 aliphatic rings. The van der Waals surface area contributed by atoms with Crippen molar-refractivity contribution < 1.29 is 28.2 Å². The largest absolute Gasteiger partial charge is 0.493 e. The Bertz CT molecular complexity index is 988. The molecule has 4 rings (SSSR count). The zero-order valence-corrected chi connectivity index (χ0v) is 20.3. The molecule has 7 nitrogen and oxygen atoms in total. The number of amides is 2. The van der Waals surface area contributed by atoms with Gasteiger partial charge in [0.05, 0.1) is 19.8 Å². The topological polar surface area (TPSA) is 68.3 Å². The van der Waals surface area contributed by atoms with E-state index >= 15 is 0 Å². The minimum Gasteiger partial charge on any atom is -0.493 e. The van der Waals surface area contributed by atoms with Crippen molar-refractivity contribution in [3.63, 3.8) is 0 Å². The Morgan fingerprint density at radius 3 is 2.09 bits per heavy atom. The van der Waals surface area contributed by atoms with E-state index in [0.29, 0.717) is 81.8 Å². The Morgan fingerprint density at radius 1 is 0.857 bits per heavy atom. The number of carbonyl (C=O) groups excluding carboxylic acids is 2. The van der Waals surface area contributed by atoms with E-state index in [1.165, 1.54) is 12.1 Å². The number of hydrogen-bond acceptors (Lipinski definition) is 5. The van der Waals surface area contributed by atoms with Crippen LogP contribution in [-0.2, 0) is 14.3 Å². The van der Waals surface area contributed by atoms with Gasteiger partial charge in [0.25, 0.3) is 5.91 Å². The summed E-state index contributed by atoms with van der Waals surface area (Å²) in [7, 11) is 0. The predicted molar refractivity (Wildman–Crippen MR) is 129 cm³/mol. The molecule has 2 fully saturated rings. The van der Waals surface area contributed by atoms with Gasteiger partial charge in [-0.3, -0.25) is 9.59 Å². The molecule has 0 unspecified atom stereocenters. The molecule has 2 aromatic rings. The van der Waals surface area contributed by atoms with Gasteiger partial charge >= 0.3 is 0 Å². The molecule has 2 aliphatic heterocycles. The van der Waals surface area contributed by atoms with Gasteiger partial charge < -0.3 is 24.0 Å². The summed E-state index contributed by atoms with van der Waals surface area (Å²) in [5.41, 5.74) is -0.419. The highest BCUT2D eigenvalue weighted by Crippen LogP contribution is 2.37. The number of hydrogen-bond donors (Lipinski definition) is 0. The first-order chi connectivity index (χ1) is 16.9. The third kappa shape index (κ3) is 7.08. The van der Waals surface area contributed by atoms with Crippen LogP contribution in [0.1, 0.15) is 19.3 Å². The second kappa shape index (κ2) is 11.7. The quantitative estimate of drug-likeness (QED) is 0.547. The molecule has 2 saturated heterocycles. The molecule has 188 valence electrons. The first-order valence-corrected chi connectivity index (χ1v) is 12.2. The number of morpholine rings is 1. The molecule has 2 aromatic carbocycles. The first kappa shape index (κ1) is 25.3. The Hall–Kier alpha value is -2.84. The minimum atomic E-state index is -0.419. The minimum absolute atomic E-state index is 0.0621. The van der Waals surface area contributed by atoms with Crippen molar-refractivity contribution in [1.29, 1.82) is 0 Å². The van der Waals surface area contributed by atoms with Crippen LogP contribution in [0, 0.1) is 11.2 Å². The number of piperidine rings is 1. The number of likely N-dealkylation sites (tertiary alicyclic amines) is 1. The molecule has 2 heterocycles. The van der Waals surface area contributed by atoms with Gasteiger partial charge in [-0.05, 0) is 61.4 Å². The molecule has 0 aromatic heterocycles. The zero-order valence-electron chi connectivity index (χ0n) is 19.6. The third-order valence-electron chi connectivity index (χ3n) is 6.60. The van der Waals surface area contributed by atoms with E-state index in [1.807, 2.05) is 4.90 Å². The van der Waals surface area contributed by atoms with Gasteiger partial charge in [-0.1, -0.05) is 11.6 Å². The SMILES string of the molecule is O=C(COc1ccc(Cl)cc1)N1CCC(COc2ccc(F)cc2)(CC(=O)N2CCOCC2)CC1. The van der Waals surface area contributed by atoms with Crippen molar-refractivity contribution in [3.8, 4) is 11.5 Å². The number of carbonyl (C=O) groups is 2. The molecule has 0 radical (unpaired) electrons. The van der Waals surface area contributed by atoms with Crippen molar-refractivity contribution in [2.45, 2.75) is 19.3 Å². The third-order valence-corrected chi connectivity index (χ3v) is 6.85. The number of nitrogens with zero attached hydrogens (tertiary/aromatic N) is 2. The summed E-state index contributed by atoms with van der Waals surface area (Å²) < 4.78 is 30.3. The highest BCUT2D eigenvalue weighted by Gasteiger charge is 2.40. The van der Waals surface area contributed by atoms with Gasteiger partial charge in [0.2, 0.25) is 5.91 Å². The van der Waals surface area contributed by atoms with Gasteiger partial charge in [-0.2, -0.15) is 0 Å². The van der Waals surface area contributed by atoms with Crippen molar-refractivity contribution in [1.82, 2.24) is 9.80 Å². The van der Waals surface area contributed by atoms with E-state index in [4.69, 9.17) is 25.8 Å². The molecule has 0 saturated carbocycles. The Balaban J connectivity index is 1.36. The van der Waals surface area contributed by atoms with Gasteiger partial charge in [-0.25, -0.2) is 4.39 Å². The lowest BCUT2D eigenvalue weighted by Gasteiger charge is -2.42. The molecule has 0 N–H and O–H groups in total. The average Bonchev–Trinajstić information content (AvgIpc) is 2.89. The van der Waals surface area contributed by atoms with Crippen LogP contribution in [0.25, 0.3) is 0 Å². The van der Waals surface area contributed by atoms with Crippen LogP contribution in [0.5, 0.6) is 11.5 Å². The zero-order chi connectivity index (χ0) is 24.7. The Kier molecular flexibility index (Phi) is 8.46. The van der Waals surface area contributed by atoms with Gasteiger partial charge in [0.1, 0.15) is 17.3 Å². The Morgan fingerprint density at radius 2 is 1.43 bits per heavy atom. The van der Waals surface area contributed by atoms with Gasteiger partial charge in [0, 0.05) is 43.0 Å². The molecule has 0 aliphatic carbocycles. The summed E-state index contributed by atoms with van der Waals surface area (Å²) >= 11 is 5.89. The fraction of sp³-hybridized carbons (Fsp3) is 0.462. The molecular weight excluding hydrogens is 475 g/mol.